The van der Waals surface area contributed by atoms with Crippen molar-refractivity contribution in [2.45, 2.75) is 38.9 Å². The van der Waals surface area contributed by atoms with Gasteiger partial charge in [0.2, 0.25) is 0 Å². The largest absolute Gasteiger partial charge is 0.498 e. The summed E-state index contributed by atoms with van der Waals surface area (Å²) in [6.45, 7) is 7.65. The number of hydrogen-bond donors (Lipinski definition) is 0. The fourth-order valence-electron chi connectivity index (χ4n) is 1.89. The van der Waals surface area contributed by atoms with Gasteiger partial charge in [0.25, 0.3) is 0 Å². The number of carbonyl (C=O) groups is 1. The van der Waals surface area contributed by atoms with E-state index in [9.17, 15) is 4.79 Å². The molecule has 98 valence electrons. The lowest BCUT2D eigenvalue weighted by Gasteiger charge is -2.32. The van der Waals surface area contributed by atoms with E-state index in [0.29, 0.717) is 17.3 Å². The molecular formula is C13H15BN2O3. The van der Waals surface area contributed by atoms with E-state index in [1.165, 1.54) is 6.20 Å². The Morgan fingerprint density at radius 1 is 1.32 bits per heavy atom. The second-order valence-corrected chi connectivity index (χ2v) is 5.48. The quantitative estimate of drug-likeness (QED) is 0.586. The third kappa shape index (κ3) is 2.16. The van der Waals surface area contributed by atoms with E-state index >= 15 is 0 Å². The van der Waals surface area contributed by atoms with Crippen LogP contribution in [0.15, 0.2) is 12.3 Å². The van der Waals surface area contributed by atoms with Crippen molar-refractivity contribution in [3.05, 3.63) is 23.5 Å². The summed E-state index contributed by atoms with van der Waals surface area (Å²) in [6.07, 6.45) is 2.11. The molecule has 5 nitrogen and oxygen atoms in total. The lowest BCUT2D eigenvalue weighted by Crippen LogP contribution is -2.41. The van der Waals surface area contributed by atoms with Crippen LogP contribution in [0, 0.1) is 11.3 Å². The number of nitrogens with zero attached hydrogens (tertiary/aromatic N) is 2. The van der Waals surface area contributed by atoms with Crippen molar-refractivity contribution in [1.82, 2.24) is 4.98 Å². The van der Waals surface area contributed by atoms with Crippen LogP contribution >= 0.6 is 0 Å². The standard InChI is InChI=1S/C13H15BN2O3/c1-12(2)13(3,4)19-14(18-12)11-9(8-17)5-6-16-10(11)7-15/h5-6,8H,1-4H3. The molecule has 0 spiro atoms. The normalized spacial score (nSPS) is 20.1. The number of rotatable bonds is 2. The fraction of sp³-hybridized carbons (Fsp3) is 0.462. The predicted molar refractivity (Wildman–Crippen MR) is 70.1 cm³/mol. The smallest absolute Gasteiger partial charge is 0.399 e. The lowest BCUT2D eigenvalue weighted by molar-refractivity contribution is 0.00578. The van der Waals surface area contributed by atoms with E-state index in [4.69, 9.17) is 14.6 Å². The molecule has 6 heteroatoms. The molecule has 0 N–H and O–H groups in total. The predicted octanol–water partition coefficient (Wildman–Crippen LogP) is 1.06. The van der Waals surface area contributed by atoms with Gasteiger partial charge in [0.05, 0.1) is 11.2 Å². The van der Waals surface area contributed by atoms with Crippen LogP contribution in [0.3, 0.4) is 0 Å². The third-order valence-corrected chi connectivity index (χ3v) is 3.75. The van der Waals surface area contributed by atoms with Crippen molar-refractivity contribution >= 4 is 18.9 Å². The van der Waals surface area contributed by atoms with Crippen LogP contribution < -0.4 is 5.46 Å². The van der Waals surface area contributed by atoms with Gasteiger partial charge < -0.3 is 9.31 Å². The Kier molecular flexibility index (Phi) is 3.21. The summed E-state index contributed by atoms with van der Waals surface area (Å²) in [5.74, 6) is 0. The zero-order valence-corrected chi connectivity index (χ0v) is 11.4. The molecule has 1 aliphatic heterocycles. The van der Waals surface area contributed by atoms with Crippen molar-refractivity contribution in [3.63, 3.8) is 0 Å². The minimum Gasteiger partial charge on any atom is -0.399 e. The number of hydrogen-bond acceptors (Lipinski definition) is 5. The molecule has 0 amide bonds. The highest BCUT2D eigenvalue weighted by atomic mass is 16.7. The molecule has 19 heavy (non-hydrogen) atoms. The monoisotopic (exact) mass is 258 g/mol. The molecule has 0 bridgehead atoms. The van der Waals surface area contributed by atoms with Gasteiger partial charge >= 0.3 is 7.12 Å². The zero-order chi connectivity index (χ0) is 14.3. The maximum atomic E-state index is 11.1. The second kappa shape index (κ2) is 4.44. The van der Waals surface area contributed by atoms with Crippen LogP contribution in [-0.4, -0.2) is 29.6 Å². The molecule has 1 aromatic rings. The van der Waals surface area contributed by atoms with Gasteiger partial charge in [-0.3, -0.25) is 4.79 Å². The summed E-state index contributed by atoms with van der Waals surface area (Å²) in [5, 5.41) is 9.12. The molecule has 1 aliphatic rings. The SMILES string of the molecule is CC1(C)OB(c2c(C=O)ccnc2C#N)OC1(C)C. The van der Waals surface area contributed by atoms with E-state index in [0.717, 1.165) is 0 Å². The molecule has 0 radical (unpaired) electrons. The number of aromatic nitrogens is 1. The Hall–Kier alpha value is -1.71. The van der Waals surface area contributed by atoms with Crippen LogP contribution in [0.5, 0.6) is 0 Å². The van der Waals surface area contributed by atoms with Crippen LogP contribution in [0.4, 0.5) is 0 Å². The summed E-state index contributed by atoms with van der Waals surface area (Å²) in [4.78, 5) is 15.1. The van der Waals surface area contributed by atoms with Gasteiger partial charge in [-0.2, -0.15) is 5.26 Å². The summed E-state index contributed by atoms with van der Waals surface area (Å²) in [6, 6.07) is 3.52. The van der Waals surface area contributed by atoms with Gasteiger partial charge in [0, 0.05) is 17.2 Å². The minimum atomic E-state index is -0.756. The molecular weight excluding hydrogens is 243 g/mol. The van der Waals surface area contributed by atoms with Gasteiger partial charge in [-0.1, -0.05) is 0 Å². The van der Waals surface area contributed by atoms with Crippen LogP contribution in [0.1, 0.15) is 43.7 Å². The van der Waals surface area contributed by atoms with Crippen LogP contribution in [0.25, 0.3) is 0 Å². The van der Waals surface area contributed by atoms with E-state index in [1.54, 1.807) is 6.07 Å². The van der Waals surface area contributed by atoms with Gasteiger partial charge in [-0.05, 0) is 33.8 Å². The molecule has 1 fully saturated rings. The van der Waals surface area contributed by atoms with Gasteiger partial charge in [0.1, 0.15) is 18.0 Å². The van der Waals surface area contributed by atoms with Gasteiger partial charge in [-0.15, -0.1) is 0 Å². The fourth-order valence-corrected chi connectivity index (χ4v) is 1.89. The first kappa shape index (κ1) is 13.7. The molecule has 0 atom stereocenters. The van der Waals surface area contributed by atoms with E-state index < -0.39 is 18.3 Å². The highest BCUT2D eigenvalue weighted by Crippen LogP contribution is 2.36. The summed E-state index contributed by atoms with van der Waals surface area (Å²) < 4.78 is 11.7. The third-order valence-electron chi connectivity index (χ3n) is 3.75. The topological polar surface area (TPSA) is 72.2 Å². The Bertz CT molecular complexity index is 547. The molecule has 1 saturated heterocycles. The molecule has 2 rings (SSSR count). The van der Waals surface area contributed by atoms with E-state index in [2.05, 4.69) is 4.98 Å². The van der Waals surface area contributed by atoms with Crippen molar-refractivity contribution in [2.24, 2.45) is 0 Å². The first-order valence-corrected chi connectivity index (χ1v) is 6.02. The first-order chi connectivity index (χ1) is 8.82. The molecule has 0 unspecified atom stereocenters. The summed E-state index contributed by atoms with van der Waals surface area (Å²) in [5.41, 5.74) is -0.132. The van der Waals surface area contributed by atoms with Crippen molar-refractivity contribution in [1.29, 1.82) is 5.26 Å². The molecule has 0 aromatic carbocycles. The van der Waals surface area contributed by atoms with Gasteiger partial charge in [-0.25, -0.2) is 4.98 Å². The van der Waals surface area contributed by atoms with Crippen LogP contribution in [0.2, 0.25) is 0 Å². The van der Waals surface area contributed by atoms with Crippen molar-refractivity contribution in [3.8, 4) is 6.07 Å². The Balaban J connectivity index is 2.51. The van der Waals surface area contributed by atoms with E-state index in [1.807, 2.05) is 33.8 Å². The number of aldehydes is 1. The van der Waals surface area contributed by atoms with Crippen molar-refractivity contribution < 1.29 is 14.1 Å². The zero-order valence-electron chi connectivity index (χ0n) is 11.4. The lowest BCUT2D eigenvalue weighted by atomic mass is 9.75. The highest BCUT2D eigenvalue weighted by Gasteiger charge is 2.53. The Labute approximate surface area is 112 Å². The molecule has 2 heterocycles. The first-order valence-electron chi connectivity index (χ1n) is 6.02. The summed E-state index contributed by atoms with van der Waals surface area (Å²) in [7, 11) is -0.756. The average Bonchev–Trinajstić information content (AvgIpc) is 2.57. The number of carbonyl (C=O) groups excluding carboxylic acids is 1. The Morgan fingerprint density at radius 3 is 2.37 bits per heavy atom. The number of pyridine rings is 1. The maximum Gasteiger partial charge on any atom is 0.498 e. The maximum absolute atomic E-state index is 11.1. The van der Waals surface area contributed by atoms with Crippen LogP contribution in [-0.2, 0) is 9.31 Å². The average molecular weight is 258 g/mol. The highest BCUT2D eigenvalue weighted by molar-refractivity contribution is 6.64. The summed E-state index contributed by atoms with van der Waals surface area (Å²) >= 11 is 0. The van der Waals surface area contributed by atoms with Gasteiger partial charge in [0.15, 0.2) is 0 Å². The second-order valence-electron chi connectivity index (χ2n) is 5.48. The Morgan fingerprint density at radius 2 is 1.89 bits per heavy atom. The molecule has 1 aromatic heterocycles. The van der Waals surface area contributed by atoms with Crippen molar-refractivity contribution in [2.75, 3.05) is 0 Å². The number of nitriles is 1. The van der Waals surface area contributed by atoms with E-state index in [-0.39, 0.29) is 5.69 Å². The molecule has 0 saturated carbocycles. The minimum absolute atomic E-state index is 0.156. The molecule has 0 aliphatic carbocycles.